The average molecular weight is 509 g/mol. The third kappa shape index (κ3) is 7.71. The Hall–Kier alpha value is -3.59. The van der Waals surface area contributed by atoms with E-state index in [9.17, 15) is 9.90 Å². The summed E-state index contributed by atoms with van der Waals surface area (Å²) >= 11 is 0. The molecule has 0 bridgehead atoms. The molecular weight excluding hydrogens is 468 g/mol. The molecule has 0 aliphatic carbocycles. The van der Waals surface area contributed by atoms with Crippen molar-refractivity contribution >= 4 is 16.7 Å². The molecule has 38 heavy (non-hydrogen) atoms. The normalized spacial score (nSPS) is 11.1. The molecule has 1 N–H and O–H groups in total. The number of aromatic carboxylic acids is 1. The number of aryl methyl sites for hydroxylation is 2. The summed E-state index contributed by atoms with van der Waals surface area (Å²) in [5.41, 5.74) is 4.83. The summed E-state index contributed by atoms with van der Waals surface area (Å²) in [4.78, 5) is 11.8. The topological polar surface area (TPSA) is 46.5 Å². The van der Waals surface area contributed by atoms with Gasteiger partial charge in [-0.25, -0.2) is 4.79 Å². The monoisotopic (exact) mass is 508 g/mol. The van der Waals surface area contributed by atoms with Crippen LogP contribution in [0.2, 0.25) is 0 Å². The average Bonchev–Trinajstić information content (AvgIpc) is 2.95. The molecule has 198 valence electrons. The third-order valence-electron chi connectivity index (χ3n) is 7.34. The second-order valence-electron chi connectivity index (χ2n) is 10.2. The fraction of sp³-hybridized carbons (Fsp3) is 0.343. The van der Waals surface area contributed by atoms with Crippen molar-refractivity contribution in [1.29, 1.82) is 0 Å². The predicted molar refractivity (Wildman–Crippen MR) is 158 cm³/mol. The standard InChI is InChI=1S/C35H40O3/c1-2-3-4-5-6-7-8-11-26-38-31-22-19-29(20-23-31)28-17-14-27(15-18-28)16-24-33-32-13-10-9-12-30(32)21-25-34(33)35(36)37/h9-10,12-15,17-23,25H,2-8,11,16,24,26H2,1H3,(H,36,37). The van der Waals surface area contributed by atoms with E-state index in [0.717, 1.165) is 47.1 Å². The largest absolute Gasteiger partial charge is 0.494 e. The maximum Gasteiger partial charge on any atom is 0.335 e. The van der Waals surface area contributed by atoms with Crippen LogP contribution >= 0.6 is 0 Å². The van der Waals surface area contributed by atoms with Gasteiger partial charge in [0.1, 0.15) is 5.75 Å². The molecule has 0 heterocycles. The minimum Gasteiger partial charge on any atom is -0.494 e. The van der Waals surface area contributed by atoms with Crippen molar-refractivity contribution in [1.82, 2.24) is 0 Å². The summed E-state index contributed by atoms with van der Waals surface area (Å²) < 4.78 is 5.95. The number of carboxylic acids is 1. The molecule has 4 aromatic rings. The second-order valence-corrected chi connectivity index (χ2v) is 10.2. The van der Waals surface area contributed by atoms with Crippen LogP contribution in [0.4, 0.5) is 0 Å². The molecule has 0 unspecified atom stereocenters. The van der Waals surface area contributed by atoms with Gasteiger partial charge < -0.3 is 9.84 Å². The van der Waals surface area contributed by atoms with Crippen molar-refractivity contribution in [2.75, 3.05) is 6.61 Å². The first kappa shape index (κ1) is 27.4. The van der Waals surface area contributed by atoms with E-state index in [1.54, 1.807) is 6.07 Å². The predicted octanol–water partition coefficient (Wildman–Crippen LogP) is 9.51. The molecule has 0 aliphatic rings. The van der Waals surface area contributed by atoms with Crippen LogP contribution in [-0.4, -0.2) is 17.7 Å². The van der Waals surface area contributed by atoms with E-state index in [4.69, 9.17) is 4.74 Å². The van der Waals surface area contributed by atoms with Gasteiger partial charge in [0, 0.05) is 0 Å². The molecular formula is C35H40O3. The van der Waals surface area contributed by atoms with E-state index in [1.807, 2.05) is 30.3 Å². The van der Waals surface area contributed by atoms with Crippen LogP contribution in [0, 0.1) is 0 Å². The first-order valence-electron chi connectivity index (χ1n) is 14.2. The molecule has 3 nitrogen and oxygen atoms in total. The van der Waals surface area contributed by atoms with Crippen LogP contribution in [-0.2, 0) is 12.8 Å². The Morgan fingerprint density at radius 2 is 1.32 bits per heavy atom. The second kappa shape index (κ2) is 14.4. The molecule has 0 fully saturated rings. The summed E-state index contributed by atoms with van der Waals surface area (Å²) in [6.45, 7) is 3.04. The van der Waals surface area contributed by atoms with Gasteiger partial charge in [-0.1, -0.05) is 119 Å². The zero-order valence-electron chi connectivity index (χ0n) is 22.6. The van der Waals surface area contributed by atoms with E-state index in [-0.39, 0.29) is 0 Å². The van der Waals surface area contributed by atoms with Crippen molar-refractivity contribution in [3.05, 3.63) is 102 Å². The van der Waals surface area contributed by atoms with Gasteiger partial charge >= 0.3 is 5.97 Å². The van der Waals surface area contributed by atoms with Gasteiger partial charge in [0.25, 0.3) is 0 Å². The molecule has 0 aromatic heterocycles. The lowest BCUT2D eigenvalue weighted by Gasteiger charge is -2.11. The zero-order valence-corrected chi connectivity index (χ0v) is 22.6. The highest BCUT2D eigenvalue weighted by molar-refractivity contribution is 5.97. The van der Waals surface area contributed by atoms with Gasteiger partial charge in [-0.05, 0) is 70.5 Å². The molecule has 0 saturated carbocycles. The van der Waals surface area contributed by atoms with Gasteiger partial charge in [-0.2, -0.15) is 0 Å². The minimum absolute atomic E-state index is 0.394. The lowest BCUT2D eigenvalue weighted by atomic mass is 9.93. The number of benzene rings is 4. The van der Waals surface area contributed by atoms with Crippen molar-refractivity contribution < 1.29 is 14.6 Å². The Bertz CT molecular complexity index is 1290. The molecule has 0 radical (unpaired) electrons. The van der Waals surface area contributed by atoms with Crippen molar-refractivity contribution in [3.63, 3.8) is 0 Å². The Balaban J connectivity index is 1.27. The van der Waals surface area contributed by atoms with E-state index >= 15 is 0 Å². The van der Waals surface area contributed by atoms with E-state index in [2.05, 4.69) is 55.5 Å². The number of fused-ring (bicyclic) bond motifs is 1. The van der Waals surface area contributed by atoms with E-state index < -0.39 is 5.97 Å². The van der Waals surface area contributed by atoms with E-state index in [1.165, 1.54) is 56.1 Å². The van der Waals surface area contributed by atoms with Crippen LogP contribution in [0.5, 0.6) is 5.75 Å². The number of ether oxygens (including phenoxy) is 1. The van der Waals surface area contributed by atoms with Crippen LogP contribution in [0.3, 0.4) is 0 Å². The van der Waals surface area contributed by atoms with Crippen molar-refractivity contribution in [3.8, 4) is 16.9 Å². The molecule has 0 saturated heterocycles. The van der Waals surface area contributed by atoms with Crippen LogP contribution in [0.15, 0.2) is 84.9 Å². The van der Waals surface area contributed by atoms with Crippen molar-refractivity contribution in [2.45, 2.75) is 71.1 Å². The van der Waals surface area contributed by atoms with E-state index in [0.29, 0.717) is 12.0 Å². The molecule has 0 amide bonds. The maximum atomic E-state index is 11.8. The summed E-state index contributed by atoms with van der Waals surface area (Å²) in [5, 5.41) is 11.8. The maximum absolute atomic E-state index is 11.8. The van der Waals surface area contributed by atoms with Gasteiger partial charge in [-0.15, -0.1) is 0 Å². The smallest absolute Gasteiger partial charge is 0.335 e. The molecule has 4 rings (SSSR count). The lowest BCUT2D eigenvalue weighted by molar-refractivity contribution is 0.0696. The summed E-state index contributed by atoms with van der Waals surface area (Å²) in [5.74, 6) is 0.0592. The van der Waals surface area contributed by atoms with Crippen LogP contribution < -0.4 is 4.74 Å². The number of unbranched alkanes of at least 4 members (excludes halogenated alkanes) is 7. The highest BCUT2D eigenvalue weighted by Gasteiger charge is 2.13. The highest BCUT2D eigenvalue weighted by Crippen LogP contribution is 2.26. The van der Waals surface area contributed by atoms with Gasteiger partial charge in [-0.3, -0.25) is 0 Å². The summed E-state index contributed by atoms with van der Waals surface area (Å²) in [6, 6.07) is 28.6. The fourth-order valence-corrected chi connectivity index (χ4v) is 5.11. The number of carboxylic acid groups (broad SMARTS) is 1. The highest BCUT2D eigenvalue weighted by atomic mass is 16.5. The third-order valence-corrected chi connectivity index (χ3v) is 7.34. The minimum atomic E-state index is -0.869. The molecule has 0 aliphatic heterocycles. The van der Waals surface area contributed by atoms with Crippen molar-refractivity contribution in [2.24, 2.45) is 0 Å². The van der Waals surface area contributed by atoms with Gasteiger partial charge in [0.15, 0.2) is 0 Å². The Kier molecular flexibility index (Phi) is 10.4. The summed E-state index contributed by atoms with van der Waals surface area (Å²) in [7, 11) is 0. The molecule has 0 atom stereocenters. The fourth-order valence-electron chi connectivity index (χ4n) is 5.11. The quantitative estimate of drug-likeness (QED) is 0.163. The Morgan fingerprint density at radius 1 is 0.684 bits per heavy atom. The summed E-state index contributed by atoms with van der Waals surface area (Å²) in [6.07, 6.45) is 11.9. The molecule has 0 spiro atoms. The van der Waals surface area contributed by atoms with Crippen LogP contribution in [0.1, 0.15) is 79.8 Å². The lowest BCUT2D eigenvalue weighted by Crippen LogP contribution is -2.04. The SMILES string of the molecule is CCCCCCCCCCOc1ccc(-c2ccc(CCc3c(C(=O)O)ccc4ccccc34)cc2)cc1. The van der Waals surface area contributed by atoms with Gasteiger partial charge in [0.05, 0.1) is 12.2 Å². The Labute approximate surface area is 227 Å². The van der Waals surface area contributed by atoms with Gasteiger partial charge in [0.2, 0.25) is 0 Å². The van der Waals surface area contributed by atoms with Crippen LogP contribution in [0.25, 0.3) is 21.9 Å². The number of hydrogen-bond donors (Lipinski definition) is 1. The first-order valence-corrected chi connectivity index (χ1v) is 14.2. The number of rotatable bonds is 15. The number of carbonyl (C=O) groups is 1. The molecule has 3 heteroatoms. The zero-order chi connectivity index (χ0) is 26.6. The molecule has 4 aromatic carbocycles. The number of hydrogen-bond acceptors (Lipinski definition) is 2. The Morgan fingerprint density at radius 3 is 2.00 bits per heavy atom. The first-order chi connectivity index (χ1) is 18.7.